The molecule has 31 heavy (non-hydrogen) atoms. The van der Waals surface area contributed by atoms with E-state index in [2.05, 4.69) is 20.6 Å². The number of aromatic nitrogens is 1. The standard InChI is InChI=1S/C23H31N5O3/c1-3-22(29)28-12-11-19(17-28)27-23(24-2)26-16-18-9-10-21(25-15-18)31-14-13-30-20-7-5-4-6-8-20/h4-10,15,19H,3,11-14,16-17H2,1-2H3,(H2,24,26,27). The SMILES string of the molecule is CCC(=O)N1CCC(NC(=NC)NCc2ccc(OCCOc3ccccc3)nc2)C1. The van der Waals surface area contributed by atoms with Crippen molar-refractivity contribution >= 4 is 11.9 Å². The number of carbonyl (C=O) groups excluding carboxylic acids is 1. The van der Waals surface area contributed by atoms with Gasteiger partial charge in [0.2, 0.25) is 11.8 Å². The lowest BCUT2D eigenvalue weighted by Gasteiger charge is -2.18. The summed E-state index contributed by atoms with van der Waals surface area (Å²) >= 11 is 0. The third-order valence-electron chi connectivity index (χ3n) is 5.01. The van der Waals surface area contributed by atoms with Gasteiger partial charge in [0, 0.05) is 51.4 Å². The molecule has 1 atom stereocenters. The van der Waals surface area contributed by atoms with Crippen molar-refractivity contribution in [2.45, 2.75) is 32.4 Å². The third kappa shape index (κ3) is 7.16. The van der Waals surface area contributed by atoms with Gasteiger partial charge >= 0.3 is 0 Å². The minimum Gasteiger partial charge on any atom is -0.490 e. The summed E-state index contributed by atoms with van der Waals surface area (Å²) in [5.41, 5.74) is 1.02. The normalized spacial score (nSPS) is 16.1. The number of rotatable bonds is 9. The summed E-state index contributed by atoms with van der Waals surface area (Å²) in [6.45, 7) is 4.88. The minimum atomic E-state index is 0.201. The maximum atomic E-state index is 11.8. The molecule has 0 saturated carbocycles. The summed E-state index contributed by atoms with van der Waals surface area (Å²) in [6, 6.07) is 13.7. The van der Waals surface area contributed by atoms with Crippen molar-refractivity contribution in [2.75, 3.05) is 33.4 Å². The van der Waals surface area contributed by atoms with E-state index in [1.807, 2.05) is 54.3 Å². The van der Waals surface area contributed by atoms with Crippen LogP contribution >= 0.6 is 0 Å². The fourth-order valence-corrected chi connectivity index (χ4v) is 3.33. The molecule has 1 aromatic carbocycles. The topological polar surface area (TPSA) is 88.1 Å². The largest absolute Gasteiger partial charge is 0.490 e. The van der Waals surface area contributed by atoms with E-state index in [0.717, 1.165) is 30.8 Å². The molecule has 2 heterocycles. The van der Waals surface area contributed by atoms with Crippen LogP contribution in [0.25, 0.3) is 0 Å². The molecule has 3 rings (SSSR count). The highest BCUT2D eigenvalue weighted by Gasteiger charge is 2.25. The fourth-order valence-electron chi connectivity index (χ4n) is 3.33. The molecule has 0 spiro atoms. The predicted molar refractivity (Wildman–Crippen MR) is 120 cm³/mol. The number of carbonyl (C=O) groups is 1. The van der Waals surface area contributed by atoms with E-state index in [4.69, 9.17) is 9.47 Å². The van der Waals surface area contributed by atoms with Crippen LogP contribution in [0.3, 0.4) is 0 Å². The Labute approximate surface area is 183 Å². The van der Waals surface area contributed by atoms with Gasteiger partial charge in [-0.3, -0.25) is 9.79 Å². The lowest BCUT2D eigenvalue weighted by molar-refractivity contribution is -0.129. The predicted octanol–water partition coefficient (Wildman–Crippen LogP) is 2.22. The number of ether oxygens (including phenoxy) is 2. The first kappa shape index (κ1) is 22.4. The van der Waals surface area contributed by atoms with E-state index >= 15 is 0 Å². The lowest BCUT2D eigenvalue weighted by Crippen LogP contribution is -2.44. The van der Waals surface area contributed by atoms with Crippen molar-refractivity contribution in [3.8, 4) is 11.6 Å². The van der Waals surface area contributed by atoms with Gasteiger partial charge in [0.05, 0.1) is 0 Å². The molecule has 1 saturated heterocycles. The highest BCUT2D eigenvalue weighted by atomic mass is 16.5. The first-order valence-corrected chi connectivity index (χ1v) is 10.7. The maximum Gasteiger partial charge on any atom is 0.222 e. The second kappa shape index (κ2) is 11.8. The number of likely N-dealkylation sites (tertiary alicyclic amines) is 1. The Hall–Kier alpha value is -3.29. The number of nitrogens with one attached hydrogen (secondary N) is 2. The minimum absolute atomic E-state index is 0.201. The van der Waals surface area contributed by atoms with E-state index < -0.39 is 0 Å². The summed E-state index contributed by atoms with van der Waals surface area (Å²) in [7, 11) is 1.74. The number of hydrogen-bond donors (Lipinski definition) is 2. The third-order valence-corrected chi connectivity index (χ3v) is 5.01. The van der Waals surface area contributed by atoms with E-state index in [0.29, 0.717) is 38.0 Å². The zero-order chi connectivity index (χ0) is 21.9. The van der Waals surface area contributed by atoms with Crippen molar-refractivity contribution < 1.29 is 14.3 Å². The molecule has 0 radical (unpaired) electrons. The van der Waals surface area contributed by atoms with Crippen molar-refractivity contribution in [3.63, 3.8) is 0 Å². The van der Waals surface area contributed by atoms with Crippen molar-refractivity contribution in [1.29, 1.82) is 0 Å². The van der Waals surface area contributed by atoms with Crippen molar-refractivity contribution in [3.05, 3.63) is 54.2 Å². The van der Waals surface area contributed by atoms with Crippen LogP contribution in [0, 0.1) is 0 Å². The molecule has 1 fully saturated rings. The summed E-state index contributed by atoms with van der Waals surface area (Å²) in [6.07, 6.45) is 3.26. The van der Waals surface area contributed by atoms with Crippen LogP contribution in [-0.2, 0) is 11.3 Å². The molecular formula is C23H31N5O3. The summed E-state index contributed by atoms with van der Waals surface area (Å²) in [4.78, 5) is 22.4. The van der Waals surface area contributed by atoms with Crippen LogP contribution in [0.2, 0.25) is 0 Å². The summed E-state index contributed by atoms with van der Waals surface area (Å²) in [5, 5.41) is 6.69. The zero-order valence-corrected chi connectivity index (χ0v) is 18.2. The van der Waals surface area contributed by atoms with Gasteiger partial charge in [-0.2, -0.15) is 0 Å². The van der Waals surface area contributed by atoms with Gasteiger partial charge in [-0.1, -0.05) is 31.2 Å². The first-order chi connectivity index (χ1) is 15.2. The van der Waals surface area contributed by atoms with Crippen LogP contribution in [0.15, 0.2) is 53.7 Å². The molecule has 1 aliphatic heterocycles. The quantitative estimate of drug-likeness (QED) is 0.364. The number of benzene rings is 1. The lowest BCUT2D eigenvalue weighted by atomic mass is 10.2. The Balaban J connectivity index is 1.36. The highest BCUT2D eigenvalue weighted by Crippen LogP contribution is 2.11. The molecule has 2 N–H and O–H groups in total. The molecule has 8 heteroatoms. The Kier molecular flexibility index (Phi) is 8.51. The monoisotopic (exact) mass is 425 g/mol. The molecule has 2 aromatic rings. The molecule has 1 aromatic heterocycles. The maximum absolute atomic E-state index is 11.8. The van der Waals surface area contributed by atoms with Crippen LogP contribution < -0.4 is 20.1 Å². The number of guanidine groups is 1. The number of pyridine rings is 1. The van der Waals surface area contributed by atoms with E-state index in [-0.39, 0.29) is 11.9 Å². The first-order valence-electron chi connectivity index (χ1n) is 10.7. The van der Waals surface area contributed by atoms with Gasteiger partial charge in [-0.05, 0) is 24.1 Å². The van der Waals surface area contributed by atoms with Gasteiger partial charge in [0.1, 0.15) is 19.0 Å². The molecule has 8 nitrogen and oxygen atoms in total. The Morgan fingerprint density at radius 1 is 1.19 bits per heavy atom. The number of nitrogens with zero attached hydrogens (tertiary/aromatic N) is 3. The van der Waals surface area contributed by atoms with Crippen molar-refractivity contribution in [1.82, 2.24) is 20.5 Å². The Morgan fingerprint density at radius 3 is 2.71 bits per heavy atom. The molecular weight excluding hydrogens is 394 g/mol. The van der Waals surface area contributed by atoms with E-state index in [1.54, 1.807) is 13.2 Å². The second-order valence-corrected chi connectivity index (χ2v) is 7.26. The highest BCUT2D eigenvalue weighted by molar-refractivity contribution is 5.80. The molecule has 0 bridgehead atoms. The van der Waals surface area contributed by atoms with E-state index in [1.165, 1.54) is 0 Å². The van der Waals surface area contributed by atoms with Gasteiger partial charge in [-0.25, -0.2) is 4.98 Å². The van der Waals surface area contributed by atoms with Crippen LogP contribution in [0.4, 0.5) is 0 Å². The molecule has 1 unspecified atom stereocenters. The van der Waals surface area contributed by atoms with E-state index in [9.17, 15) is 4.79 Å². The second-order valence-electron chi connectivity index (χ2n) is 7.26. The smallest absolute Gasteiger partial charge is 0.222 e. The summed E-state index contributed by atoms with van der Waals surface area (Å²) < 4.78 is 11.2. The zero-order valence-electron chi connectivity index (χ0n) is 18.2. The molecule has 1 aliphatic rings. The van der Waals surface area contributed by atoms with Gasteiger partial charge in [0.15, 0.2) is 5.96 Å². The summed E-state index contributed by atoms with van der Waals surface area (Å²) in [5.74, 6) is 2.31. The number of hydrogen-bond acceptors (Lipinski definition) is 5. The Morgan fingerprint density at radius 2 is 2.00 bits per heavy atom. The molecule has 0 aliphatic carbocycles. The van der Waals surface area contributed by atoms with Crippen molar-refractivity contribution in [2.24, 2.45) is 4.99 Å². The average Bonchev–Trinajstić information content (AvgIpc) is 3.29. The number of aliphatic imine (C=N–C) groups is 1. The Bertz CT molecular complexity index is 842. The average molecular weight is 426 g/mol. The van der Waals surface area contributed by atoms with Crippen LogP contribution in [-0.4, -0.2) is 61.1 Å². The van der Waals surface area contributed by atoms with Crippen LogP contribution in [0.1, 0.15) is 25.3 Å². The van der Waals surface area contributed by atoms with Gasteiger partial charge in [0.25, 0.3) is 0 Å². The molecule has 166 valence electrons. The number of para-hydroxylation sites is 1. The van der Waals surface area contributed by atoms with Gasteiger partial charge < -0.3 is 25.0 Å². The fraction of sp³-hybridized carbons (Fsp3) is 0.435. The van der Waals surface area contributed by atoms with Gasteiger partial charge in [-0.15, -0.1) is 0 Å². The number of amides is 1. The molecule has 1 amide bonds. The van der Waals surface area contributed by atoms with Crippen LogP contribution in [0.5, 0.6) is 11.6 Å².